The zero-order valence-electron chi connectivity index (χ0n) is 12.1. The molecule has 0 aliphatic rings. The minimum Gasteiger partial charge on any atom is -0.477 e. The van der Waals surface area contributed by atoms with Gasteiger partial charge in [0.2, 0.25) is 0 Å². The summed E-state index contributed by atoms with van der Waals surface area (Å²) in [5.41, 5.74) is 1.64. The van der Waals surface area contributed by atoms with Gasteiger partial charge in [-0.25, -0.2) is 13.6 Å². The molecule has 23 heavy (non-hydrogen) atoms. The number of halogens is 2. The summed E-state index contributed by atoms with van der Waals surface area (Å²) in [5, 5.41) is 8.27. The maximum absolute atomic E-state index is 12.5. The van der Waals surface area contributed by atoms with Gasteiger partial charge in [-0.15, -0.1) is 0 Å². The van der Waals surface area contributed by atoms with Crippen LogP contribution in [-0.4, -0.2) is 11.1 Å². The SMILES string of the molecule is O=C(O)c1c(F)cccc1F.c1ccc(-c2ccccc2)cc1. The summed E-state index contributed by atoms with van der Waals surface area (Å²) in [5.74, 6) is -3.71. The van der Waals surface area contributed by atoms with Crippen LogP contribution in [0.1, 0.15) is 10.4 Å². The quantitative estimate of drug-likeness (QED) is 0.721. The van der Waals surface area contributed by atoms with Crippen LogP contribution in [0.4, 0.5) is 8.78 Å². The Hall–Kier alpha value is -3.01. The molecule has 0 aromatic heterocycles. The second kappa shape index (κ2) is 7.84. The standard InChI is InChI=1S/C12H10.C7H4F2O2/c1-3-7-11(8-4-1)12-9-5-2-6-10-12;8-4-2-1-3-5(9)6(4)7(10)11/h1-10H;1-3H,(H,10,11). The minimum atomic E-state index is -1.60. The van der Waals surface area contributed by atoms with Crippen molar-refractivity contribution in [3.63, 3.8) is 0 Å². The summed E-state index contributed by atoms with van der Waals surface area (Å²) < 4.78 is 25.0. The number of hydrogen-bond acceptors (Lipinski definition) is 1. The number of aromatic carboxylic acids is 1. The maximum atomic E-state index is 12.5. The van der Waals surface area contributed by atoms with Gasteiger partial charge < -0.3 is 5.11 Å². The summed E-state index contributed by atoms with van der Waals surface area (Å²) in [6, 6.07) is 23.7. The molecule has 3 rings (SSSR count). The molecule has 3 aromatic carbocycles. The Morgan fingerprint density at radius 1 is 0.652 bits per heavy atom. The fourth-order valence-electron chi connectivity index (χ4n) is 1.96. The summed E-state index contributed by atoms with van der Waals surface area (Å²) in [6.45, 7) is 0. The van der Waals surface area contributed by atoms with Gasteiger partial charge in [0.25, 0.3) is 0 Å². The van der Waals surface area contributed by atoms with E-state index in [1.807, 2.05) is 12.1 Å². The molecule has 0 radical (unpaired) electrons. The van der Waals surface area contributed by atoms with Crippen molar-refractivity contribution in [2.24, 2.45) is 0 Å². The van der Waals surface area contributed by atoms with Crippen LogP contribution in [0.25, 0.3) is 11.1 Å². The van der Waals surface area contributed by atoms with E-state index in [0.29, 0.717) is 0 Å². The molecule has 0 unspecified atom stereocenters. The van der Waals surface area contributed by atoms with Crippen molar-refractivity contribution in [1.29, 1.82) is 0 Å². The first-order chi connectivity index (χ1) is 11.1. The molecular formula is C19H14F2O2. The van der Waals surface area contributed by atoms with Gasteiger partial charge in [0, 0.05) is 0 Å². The van der Waals surface area contributed by atoms with Crippen molar-refractivity contribution >= 4 is 5.97 Å². The van der Waals surface area contributed by atoms with E-state index in [1.165, 1.54) is 11.1 Å². The molecule has 0 amide bonds. The average Bonchev–Trinajstić information content (AvgIpc) is 2.57. The van der Waals surface area contributed by atoms with Gasteiger partial charge in [-0.05, 0) is 23.3 Å². The van der Waals surface area contributed by atoms with Gasteiger partial charge in [-0.3, -0.25) is 0 Å². The van der Waals surface area contributed by atoms with Crippen molar-refractivity contribution in [2.75, 3.05) is 0 Å². The van der Waals surface area contributed by atoms with E-state index >= 15 is 0 Å². The van der Waals surface area contributed by atoms with Gasteiger partial charge >= 0.3 is 5.97 Å². The average molecular weight is 312 g/mol. The van der Waals surface area contributed by atoms with Crippen molar-refractivity contribution in [3.05, 3.63) is 96.1 Å². The Morgan fingerprint density at radius 3 is 1.35 bits per heavy atom. The van der Waals surface area contributed by atoms with Gasteiger partial charge in [0.15, 0.2) is 0 Å². The van der Waals surface area contributed by atoms with E-state index < -0.39 is 23.2 Å². The van der Waals surface area contributed by atoms with E-state index in [0.717, 1.165) is 18.2 Å². The normalized spacial score (nSPS) is 9.65. The molecular weight excluding hydrogens is 298 g/mol. The van der Waals surface area contributed by atoms with Crippen molar-refractivity contribution in [2.45, 2.75) is 0 Å². The van der Waals surface area contributed by atoms with Gasteiger partial charge in [-0.1, -0.05) is 66.7 Å². The van der Waals surface area contributed by atoms with E-state index in [1.54, 1.807) is 0 Å². The lowest BCUT2D eigenvalue weighted by atomic mass is 10.1. The molecule has 0 aliphatic heterocycles. The molecule has 4 heteroatoms. The van der Waals surface area contributed by atoms with Crippen LogP contribution in [0.2, 0.25) is 0 Å². The van der Waals surface area contributed by atoms with Gasteiger partial charge in [0.05, 0.1) is 0 Å². The molecule has 0 saturated carbocycles. The molecule has 0 saturated heterocycles. The lowest BCUT2D eigenvalue weighted by Gasteiger charge is -1.98. The number of benzene rings is 3. The lowest BCUT2D eigenvalue weighted by Crippen LogP contribution is -2.03. The topological polar surface area (TPSA) is 37.3 Å². The van der Waals surface area contributed by atoms with E-state index in [2.05, 4.69) is 48.5 Å². The van der Waals surface area contributed by atoms with Gasteiger partial charge in [0.1, 0.15) is 17.2 Å². The summed E-state index contributed by atoms with van der Waals surface area (Å²) in [4.78, 5) is 10.2. The molecule has 0 heterocycles. The Labute approximate surface area is 132 Å². The van der Waals surface area contributed by atoms with Crippen LogP contribution in [-0.2, 0) is 0 Å². The minimum absolute atomic E-state index is 0.895. The number of carboxylic acids is 1. The van der Waals surface area contributed by atoms with Crippen LogP contribution in [0.15, 0.2) is 78.9 Å². The summed E-state index contributed by atoms with van der Waals surface area (Å²) in [7, 11) is 0. The second-order valence-electron chi connectivity index (χ2n) is 4.63. The molecule has 1 N–H and O–H groups in total. The third-order valence-electron chi connectivity index (χ3n) is 3.06. The van der Waals surface area contributed by atoms with E-state index in [4.69, 9.17) is 5.11 Å². The fourth-order valence-corrected chi connectivity index (χ4v) is 1.96. The zero-order chi connectivity index (χ0) is 16.7. The van der Waals surface area contributed by atoms with E-state index in [-0.39, 0.29) is 0 Å². The number of hydrogen-bond donors (Lipinski definition) is 1. The second-order valence-corrected chi connectivity index (χ2v) is 4.63. The molecule has 2 nitrogen and oxygen atoms in total. The number of carbonyl (C=O) groups is 1. The predicted octanol–water partition coefficient (Wildman–Crippen LogP) is 5.02. The largest absolute Gasteiger partial charge is 0.477 e. The van der Waals surface area contributed by atoms with Crippen LogP contribution in [0.3, 0.4) is 0 Å². The first-order valence-electron chi connectivity index (χ1n) is 6.87. The van der Waals surface area contributed by atoms with Crippen LogP contribution < -0.4 is 0 Å². The van der Waals surface area contributed by atoms with Crippen LogP contribution in [0.5, 0.6) is 0 Å². The Bertz CT molecular complexity index is 714. The molecule has 0 aliphatic carbocycles. The highest BCUT2D eigenvalue weighted by Crippen LogP contribution is 2.17. The maximum Gasteiger partial charge on any atom is 0.341 e. The van der Waals surface area contributed by atoms with E-state index in [9.17, 15) is 13.6 Å². The lowest BCUT2D eigenvalue weighted by molar-refractivity contribution is 0.0686. The molecule has 0 fully saturated rings. The Morgan fingerprint density at radius 2 is 1.04 bits per heavy atom. The third kappa shape index (κ3) is 4.48. The Kier molecular flexibility index (Phi) is 5.58. The number of rotatable bonds is 2. The highest BCUT2D eigenvalue weighted by Gasteiger charge is 2.14. The highest BCUT2D eigenvalue weighted by molar-refractivity contribution is 5.88. The van der Waals surface area contributed by atoms with Crippen LogP contribution in [0, 0.1) is 11.6 Å². The van der Waals surface area contributed by atoms with Crippen LogP contribution >= 0.6 is 0 Å². The number of carboxylic acid groups (broad SMARTS) is 1. The molecule has 3 aromatic rings. The predicted molar refractivity (Wildman–Crippen MR) is 85.2 cm³/mol. The first kappa shape index (κ1) is 16.4. The molecule has 116 valence electrons. The molecule has 0 atom stereocenters. The summed E-state index contributed by atoms with van der Waals surface area (Å²) in [6.07, 6.45) is 0. The Balaban J connectivity index is 0.000000168. The van der Waals surface area contributed by atoms with Gasteiger partial charge in [-0.2, -0.15) is 0 Å². The molecule has 0 spiro atoms. The summed E-state index contributed by atoms with van der Waals surface area (Å²) >= 11 is 0. The highest BCUT2D eigenvalue weighted by atomic mass is 19.1. The zero-order valence-corrected chi connectivity index (χ0v) is 12.1. The first-order valence-corrected chi connectivity index (χ1v) is 6.87. The smallest absolute Gasteiger partial charge is 0.341 e. The third-order valence-corrected chi connectivity index (χ3v) is 3.06. The van der Waals surface area contributed by atoms with Crippen molar-refractivity contribution < 1.29 is 18.7 Å². The fraction of sp³-hybridized carbons (Fsp3) is 0. The van der Waals surface area contributed by atoms with Crippen molar-refractivity contribution in [3.8, 4) is 11.1 Å². The monoisotopic (exact) mass is 312 g/mol. The van der Waals surface area contributed by atoms with Crippen molar-refractivity contribution in [1.82, 2.24) is 0 Å². The molecule has 0 bridgehead atoms.